The minimum atomic E-state index is -1.26. The number of carboxylic acid groups (broad SMARTS) is 2. The van der Waals surface area contributed by atoms with Crippen LogP contribution in [0.15, 0.2) is 55.1 Å². The zero-order valence-electron chi connectivity index (χ0n) is 22.3. The summed E-state index contributed by atoms with van der Waals surface area (Å²) >= 11 is 1.40. The number of thiophene rings is 1. The number of aliphatic carboxylic acids is 2. The van der Waals surface area contributed by atoms with Crippen molar-refractivity contribution >= 4 is 40.1 Å². The Morgan fingerprint density at radius 1 is 1.20 bits per heavy atom. The first-order valence-corrected chi connectivity index (χ1v) is 13.4. The van der Waals surface area contributed by atoms with Gasteiger partial charge in [0.15, 0.2) is 0 Å². The van der Waals surface area contributed by atoms with Gasteiger partial charge in [-0.05, 0) is 36.1 Å². The van der Waals surface area contributed by atoms with E-state index in [-0.39, 0.29) is 11.8 Å². The van der Waals surface area contributed by atoms with Crippen LogP contribution in [0.25, 0.3) is 0 Å². The van der Waals surface area contributed by atoms with Gasteiger partial charge in [0, 0.05) is 55.4 Å². The van der Waals surface area contributed by atoms with Crippen LogP contribution in [0.3, 0.4) is 0 Å². The van der Waals surface area contributed by atoms with Gasteiger partial charge in [-0.2, -0.15) is 5.26 Å². The number of rotatable bonds is 10. The lowest BCUT2D eigenvalue weighted by molar-refractivity contribution is -0.134. The Bertz CT molecular complexity index is 1440. The topological polar surface area (TPSA) is 175 Å². The molecule has 1 aliphatic heterocycles. The van der Waals surface area contributed by atoms with Crippen LogP contribution in [0.2, 0.25) is 0 Å². The summed E-state index contributed by atoms with van der Waals surface area (Å²) in [5, 5.41) is 28.8. The van der Waals surface area contributed by atoms with Crippen LogP contribution in [0.4, 0.5) is 5.00 Å². The highest BCUT2D eigenvalue weighted by atomic mass is 32.1. The minimum Gasteiger partial charge on any atom is -0.497 e. The number of carboxylic acids is 2. The van der Waals surface area contributed by atoms with E-state index in [1.54, 1.807) is 19.6 Å². The van der Waals surface area contributed by atoms with Gasteiger partial charge in [0.05, 0.1) is 25.5 Å². The van der Waals surface area contributed by atoms with Crippen molar-refractivity contribution in [2.45, 2.75) is 38.8 Å². The lowest BCUT2D eigenvalue weighted by Gasteiger charge is -2.27. The predicted molar refractivity (Wildman–Crippen MR) is 149 cm³/mol. The van der Waals surface area contributed by atoms with Crippen LogP contribution in [0, 0.1) is 11.3 Å². The van der Waals surface area contributed by atoms with Gasteiger partial charge in [0.2, 0.25) is 11.8 Å². The average Bonchev–Trinajstić information content (AvgIpc) is 3.61. The van der Waals surface area contributed by atoms with Crippen LogP contribution in [0.1, 0.15) is 34.4 Å². The number of hydrogen-bond donors (Lipinski definition) is 3. The molecule has 0 aliphatic carbocycles. The molecule has 0 fully saturated rings. The first kappa shape index (κ1) is 30.6. The lowest BCUT2D eigenvalue weighted by atomic mass is 10.0. The van der Waals surface area contributed by atoms with Crippen molar-refractivity contribution in [3.8, 4) is 11.8 Å². The second-order valence-electron chi connectivity index (χ2n) is 8.85. The Morgan fingerprint density at radius 2 is 1.95 bits per heavy atom. The first-order chi connectivity index (χ1) is 19.7. The number of aromatic nitrogens is 2. The zero-order valence-corrected chi connectivity index (χ0v) is 23.1. The molecule has 2 aromatic heterocycles. The van der Waals surface area contributed by atoms with Gasteiger partial charge in [-0.1, -0.05) is 12.1 Å². The van der Waals surface area contributed by atoms with E-state index in [0.717, 1.165) is 21.8 Å². The normalized spacial score (nSPS) is 12.0. The number of ether oxygens (including phenoxy) is 1. The highest BCUT2D eigenvalue weighted by Gasteiger charge is 2.27. The fourth-order valence-electron chi connectivity index (χ4n) is 4.04. The van der Waals surface area contributed by atoms with Gasteiger partial charge < -0.3 is 29.7 Å². The van der Waals surface area contributed by atoms with E-state index in [4.69, 9.17) is 14.9 Å². The van der Waals surface area contributed by atoms with Crippen molar-refractivity contribution in [1.82, 2.24) is 14.5 Å². The number of amides is 2. The molecular weight excluding hydrogens is 550 g/mol. The minimum absolute atomic E-state index is 0.0742. The molecular formula is C28H29N5O7S. The Kier molecular flexibility index (Phi) is 11.2. The molecule has 0 spiro atoms. The van der Waals surface area contributed by atoms with Crippen molar-refractivity contribution in [3.05, 3.63) is 76.7 Å². The van der Waals surface area contributed by atoms with E-state index in [2.05, 4.69) is 16.4 Å². The number of aryl methyl sites for hydroxylation is 2. The van der Waals surface area contributed by atoms with Crippen LogP contribution < -0.4 is 10.1 Å². The third-order valence-corrected chi connectivity index (χ3v) is 7.19. The number of imidazole rings is 1. The van der Waals surface area contributed by atoms with Crippen molar-refractivity contribution < 1.29 is 34.1 Å². The summed E-state index contributed by atoms with van der Waals surface area (Å²) in [6.07, 6.45) is 8.24. The van der Waals surface area contributed by atoms with Crippen LogP contribution >= 0.6 is 11.3 Å². The number of anilines is 1. The molecule has 0 bridgehead atoms. The van der Waals surface area contributed by atoms with Gasteiger partial charge in [-0.3, -0.25) is 9.59 Å². The highest BCUT2D eigenvalue weighted by molar-refractivity contribution is 7.16. The van der Waals surface area contributed by atoms with E-state index in [0.29, 0.717) is 68.0 Å². The maximum atomic E-state index is 12.7. The lowest BCUT2D eigenvalue weighted by Crippen LogP contribution is -2.35. The van der Waals surface area contributed by atoms with Crippen LogP contribution in [-0.2, 0) is 45.1 Å². The molecule has 3 aromatic rings. The summed E-state index contributed by atoms with van der Waals surface area (Å²) in [4.78, 5) is 51.1. The van der Waals surface area contributed by atoms with Crippen molar-refractivity contribution in [2.75, 3.05) is 19.0 Å². The molecule has 0 radical (unpaired) electrons. The molecule has 0 saturated heterocycles. The number of carbonyl (C=O) groups excluding carboxylic acids is 2. The number of nitriles is 1. The van der Waals surface area contributed by atoms with Gasteiger partial charge in [-0.25, -0.2) is 14.6 Å². The fraction of sp³-hybridized carbons (Fsp3) is 0.286. The molecule has 41 heavy (non-hydrogen) atoms. The molecule has 12 nitrogen and oxygen atoms in total. The van der Waals surface area contributed by atoms with Gasteiger partial charge in [-0.15, -0.1) is 11.3 Å². The monoisotopic (exact) mass is 579 g/mol. The maximum Gasteiger partial charge on any atom is 0.328 e. The van der Waals surface area contributed by atoms with Crippen LogP contribution in [-0.4, -0.2) is 62.1 Å². The van der Waals surface area contributed by atoms with Crippen molar-refractivity contribution in [2.24, 2.45) is 0 Å². The number of nitrogens with zero attached hydrogens (tertiary/aromatic N) is 4. The van der Waals surface area contributed by atoms with E-state index >= 15 is 0 Å². The molecule has 0 atom stereocenters. The zero-order chi connectivity index (χ0) is 29.8. The Balaban J connectivity index is 0.000000507. The molecule has 0 saturated carbocycles. The molecule has 1 aromatic carbocycles. The number of fused-ring (bicyclic) bond motifs is 1. The number of benzene rings is 1. The SMILES string of the molecule is COc1cccc(CCC(=O)Nc2sc3c(c2C#N)CCN(C(=O)CCn2ccnc2)C3)c1.O=C(O)/C=C\C(=O)O. The van der Waals surface area contributed by atoms with Crippen molar-refractivity contribution in [1.29, 1.82) is 5.26 Å². The fourth-order valence-corrected chi connectivity index (χ4v) is 5.27. The molecule has 3 heterocycles. The summed E-state index contributed by atoms with van der Waals surface area (Å²) in [6.45, 7) is 1.63. The first-order valence-electron chi connectivity index (χ1n) is 12.5. The Hall–Kier alpha value is -4.96. The van der Waals surface area contributed by atoms with Crippen molar-refractivity contribution in [3.63, 3.8) is 0 Å². The molecule has 1 aliphatic rings. The van der Waals surface area contributed by atoms with Gasteiger partial charge in [0.25, 0.3) is 0 Å². The standard InChI is InChI=1S/C24H25N5O3S.C4H4O4/c1-32-18-4-2-3-17(13-18)5-6-22(30)27-24-20(14-25)19-7-11-29(15-21(19)33-24)23(31)8-10-28-12-9-26-16-28;5-3(6)1-2-4(7)8/h2-4,9,12-13,16H,5-8,10-11,15H2,1H3,(H,27,30);1-2H,(H,5,6)(H,7,8)/b;2-1-. The van der Waals surface area contributed by atoms with E-state index in [1.165, 1.54) is 11.3 Å². The Labute approximate surface area is 240 Å². The summed E-state index contributed by atoms with van der Waals surface area (Å²) in [5.74, 6) is -1.82. The summed E-state index contributed by atoms with van der Waals surface area (Å²) < 4.78 is 7.11. The average molecular weight is 580 g/mol. The number of hydrogen-bond acceptors (Lipinski definition) is 8. The summed E-state index contributed by atoms with van der Waals surface area (Å²) in [7, 11) is 1.61. The second kappa shape index (κ2) is 15.0. The Morgan fingerprint density at radius 3 is 2.59 bits per heavy atom. The molecule has 0 unspecified atom stereocenters. The summed E-state index contributed by atoms with van der Waals surface area (Å²) in [6, 6.07) is 9.89. The summed E-state index contributed by atoms with van der Waals surface area (Å²) in [5.41, 5.74) is 2.49. The quantitative estimate of drug-likeness (QED) is 0.305. The number of carbonyl (C=O) groups is 4. The van der Waals surface area contributed by atoms with Gasteiger partial charge in [0.1, 0.15) is 16.8 Å². The molecule has 214 valence electrons. The smallest absolute Gasteiger partial charge is 0.328 e. The molecule has 3 N–H and O–H groups in total. The number of methoxy groups -OCH3 is 1. The molecule has 2 amide bonds. The van der Waals surface area contributed by atoms with E-state index < -0.39 is 11.9 Å². The third kappa shape index (κ3) is 9.33. The van der Waals surface area contributed by atoms with Crippen LogP contribution in [0.5, 0.6) is 5.75 Å². The maximum absolute atomic E-state index is 12.7. The highest BCUT2D eigenvalue weighted by Crippen LogP contribution is 2.37. The van der Waals surface area contributed by atoms with E-state index in [1.807, 2.05) is 39.9 Å². The van der Waals surface area contributed by atoms with Gasteiger partial charge >= 0.3 is 11.9 Å². The largest absolute Gasteiger partial charge is 0.497 e. The second-order valence-corrected chi connectivity index (χ2v) is 9.95. The molecule has 13 heteroatoms. The molecule has 4 rings (SSSR count). The third-order valence-electron chi connectivity index (χ3n) is 6.06. The predicted octanol–water partition coefficient (Wildman–Crippen LogP) is 3.08. The number of nitrogens with one attached hydrogen (secondary N) is 1. The van der Waals surface area contributed by atoms with E-state index in [9.17, 15) is 24.4 Å².